The van der Waals surface area contributed by atoms with E-state index in [0.717, 1.165) is 70.8 Å². The van der Waals surface area contributed by atoms with Crippen molar-refractivity contribution >= 4 is 11.9 Å². The highest BCUT2D eigenvalue weighted by molar-refractivity contribution is 5.72. The van der Waals surface area contributed by atoms with Crippen molar-refractivity contribution in [2.45, 2.75) is 155 Å². The van der Waals surface area contributed by atoms with Crippen LogP contribution < -0.4 is 0 Å². The van der Waals surface area contributed by atoms with Gasteiger partial charge in [-0.25, -0.2) is 0 Å². The van der Waals surface area contributed by atoms with Crippen LogP contribution in [0.5, 0.6) is 0 Å². The van der Waals surface area contributed by atoms with Crippen LogP contribution >= 0.6 is 0 Å². The van der Waals surface area contributed by atoms with Crippen LogP contribution in [0.1, 0.15) is 149 Å². The molecule has 0 aliphatic carbocycles. The van der Waals surface area contributed by atoms with Gasteiger partial charge in [-0.05, 0) is 72.0 Å². The number of rotatable bonds is 28. The summed E-state index contributed by atoms with van der Waals surface area (Å²) in [6, 6.07) is 0. The van der Waals surface area contributed by atoms with Crippen LogP contribution in [-0.2, 0) is 19.1 Å². The Morgan fingerprint density at radius 3 is 1.84 bits per heavy atom. The van der Waals surface area contributed by atoms with Crippen molar-refractivity contribution in [2.75, 3.05) is 27.2 Å². The van der Waals surface area contributed by atoms with Crippen molar-refractivity contribution in [1.29, 1.82) is 0 Å². The van der Waals surface area contributed by atoms with E-state index in [2.05, 4.69) is 25.3 Å². The summed E-state index contributed by atoms with van der Waals surface area (Å²) in [5.41, 5.74) is 0. The predicted molar refractivity (Wildman–Crippen MR) is 161 cm³/mol. The molecule has 0 fully saturated rings. The maximum atomic E-state index is 13.1. The van der Waals surface area contributed by atoms with Crippen molar-refractivity contribution < 1.29 is 19.1 Å². The number of hydrogen-bond acceptors (Lipinski definition) is 5. The van der Waals surface area contributed by atoms with E-state index in [-0.39, 0.29) is 30.6 Å². The number of carbonyl (C=O) groups excluding carboxylic acids is 2. The molecule has 2 unspecified atom stereocenters. The maximum Gasteiger partial charge on any atom is 0.309 e. The Labute approximate surface area is 236 Å². The summed E-state index contributed by atoms with van der Waals surface area (Å²) in [6.45, 7) is 9.41. The Bertz CT molecular complexity index is 563. The van der Waals surface area contributed by atoms with E-state index in [0.29, 0.717) is 6.42 Å². The zero-order valence-electron chi connectivity index (χ0n) is 25.8. The Morgan fingerprint density at radius 2 is 1.29 bits per heavy atom. The van der Waals surface area contributed by atoms with Gasteiger partial charge in [0.2, 0.25) is 0 Å². The lowest BCUT2D eigenvalue weighted by Crippen LogP contribution is -2.28. The van der Waals surface area contributed by atoms with Crippen LogP contribution in [-0.4, -0.2) is 50.2 Å². The molecule has 0 aliphatic heterocycles. The molecule has 0 aromatic carbocycles. The molecule has 0 aromatic rings. The Balaban J connectivity index is 4.76. The minimum absolute atomic E-state index is 0.0320. The van der Waals surface area contributed by atoms with E-state index >= 15 is 0 Å². The van der Waals surface area contributed by atoms with Crippen molar-refractivity contribution in [3.63, 3.8) is 0 Å². The number of unbranched alkanes of at least 4 members (excludes halogenated alkanes) is 13. The lowest BCUT2D eigenvalue weighted by Gasteiger charge is -2.21. The zero-order chi connectivity index (χ0) is 28.3. The second-order valence-electron chi connectivity index (χ2n) is 11.4. The Morgan fingerprint density at radius 1 is 0.737 bits per heavy atom. The summed E-state index contributed by atoms with van der Waals surface area (Å²) in [5.74, 6) is -0.302. The maximum absolute atomic E-state index is 13.1. The van der Waals surface area contributed by atoms with Crippen molar-refractivity contribution in [2.24, 2.45) is 5.92 Å². The van der Waals surface area contributed by atoms with Gasteiger partial charge in [-0.2, -0.15) is 0 Å². The molecule has 0 amide bonds. The SMILES string of the molecule is C=CCCCCC(COC(=O)C(CCCCCCC)CCCCCCCCC)OC(=O)CCCCN(C)C. The summed E-state index contributed by atoms with van der Waals surface area (Å²) < 4.78 is 11.6. The second kappa shape index (κ2) is 27.2. The Hall–Kier alpha value is -1.36. The highest BCUT2D eigenvalue weighted by atomic mass is 16.6. The summed E-state index contributed by atoms with van der Waals surface area (Å²) in [5, 5.41) is 0. The molecule has 0 aliphatic rings. The fourth-order valence-electron chi connectivity index (χ4n) is 4.79. The lowest BCUT2D eigenvalue weighted by atomic mass is 9.94. The summed E-state index contributed by atoms with van der Waals surface area (Å²) in [4.78, 5) is 27.7. The van der Waals surface area contributed by atoms with E-state index < -0.39 is 0 Å². The molecule has 5 heteroatoms. The third kappa shape index (κ3) is 23.7. The first-order valence-corrected chi connectivity index (χ1v) is 16.1. The third-order valence-electron chi connectivity index (χ3n) is 7.28. The molecule has 0 radical (unpaired) electrons. The number of nitrogens with zero attached hydrogens (tertiary/aromatic N) is 1. The molecule has 224 valence electrons. The molecule has 0 saturated heterocycles. The van der Waals surface area contributed by atoms with Gasteiger partial charge in [0, 0.05) is 6.42 Å². The van der Waals surface area contributed by atoms with Crippen LogP contribution in [0.3, 0.4) is 0 Å². The van der Waals surface area contributed by atoms with Gasteiger partial charge in [0.25, 0.3) is 0 Å². The molecule has 0 saturated carbocycles. The first-order chi connectivity index (χ1) is 18.4. The van der Waals surface area contributed by atoms with Crippen LogP contribution in [0.2, 0.25) is 0 Å². The van der Waals surface area contributed by atoms with Crippen molar-refractivity contribution in [1.82, 2.24) is 4.90 Å². The predicted octanol–water partition coefficient (Wildman–Crippen LogP) is 9.04. The molecule has 0 rings (SSSR count). The van der Waals surface area contributed by atoms with Gasteiger partial charge in [0.15, 0.2) is 0 Å². The summed E-state index contributed by atoms with van der Waals surface area (Å²) in [7, 11) is 4.08. The standard InChI is InChI=1S/C33H63NO4/c1-6-9-12-15-16-18-20-25-30(24-19-17-13-10-7-2)33(36)37-29-31(26-21-14-11-8-3)38-32(35)27-22-23-28-34(4)5/h8,30-31H,3,6-7,9-29H2,1-2,4-5H3. The molecular formula is C33H63NO4. The average molecular weight is 538 g/mol. The molecule has 0 bridgehead atoms. The average Bonchev–Trinajstić information content (AvgIpc) is 2.89. The highest BCUT2D eigenvalue weighted by Gasteiger charge is 2.22. The van der Waals surface area contributed by atoms with Gasteiger partial charge in [0.1, 0.15) is 12.7 Å². The Kier molecular flexibility index (Phi) is 26.2. The van der Waals surface area contributed by atoms with Crippen molar-refractivity contribution in [3.05, 3.63) is 12.7 Å². The van der Waals surface area contributed by atoms with E-state index in [4.69, 9.17) is 9.47 Å². The molecule has 0 spiro atoms. The number of hydrogen-bond donors (Lipinski definition) is 0. The minimum atomic E-state index is -0.353. The molecule has 38 heavy (non-hydrogen) atoms. The normalized spacial score (nSPS) is 12.9. The smallest absolute Gasteiger partial charge is 0.309 e. The van der Waals surface area contributed by atoms with Crippen LogP contribution in [0.15, 0.2) is 12.7 Å². The molecule has 0 heterocycles. The van der Waals surface area contributed by atoms with Gasteiger partial charge in [-0.1, -0.05) is 97.0 Å². The fraction of sp³-hybridized carbons (Fsp3) is 0.879. The summed E-state index contributed by atoms with van der Waals surface area (Å²) >= 11 is 0. The molecule has 0 N–H and O–H groups in total. The van der Waals surface area contributed by atoms with Gasteiger partial charge < -0.3 is 14.4 Å². The van der Waals surface area contributed by atoms with Crippen LogP contribution in [0, 0.1) is 5.92 Å². The van der Waals surface area contributed by atoms with E-state index in [1.807, 2.05) is 20.2 Å². The molecule has 2 atom stereocenters. The first-order valence-electron chi connectivity index (χ1n) is 16.1. The third-order valence-corrected chi connectivity index (χ3v) is 7.28. The number of ether oxygens (including phenoxy) is 2. The van der Waals surface area contributed by atoms with Gasteiger partial charge >= 0.3 is 11.9 Å². The second-order valence-corrected chi connectivity index (χ2v) is 11.4. The quantitative estimate of drug-likeness (QED) is 0.0566. The largest absolute Gasteiger partial charge is 0.462 e. The van der Waals surface area contributed by atoms with Crippen molar-refractivity contribution in [3.8, 4) is 0 Å². The molecule has 0 aromatic heterocycles. The van der Waals surface area contributed by atoms with E-state index in [9.17, 15) is 9.59 Å². The fourth-order valence-corrected chi connectivity index (χ4v) is 4.79. The van der Waals surface area contributed by atoms with Crippen LogP contribution in [0.25, 0.3) is 0 Å². The monoisotopic (exact) mass is 537 g/mol. The van der Waals surface area contributed by atoms with Gasteiger partial charge in [0.05, 0.1) is 5.92 Å². The lowest BCUT2D eigenvalue weighted by molar-refractivity contribution is -0.162. The van der Waals surface area contributed by atoms with Crippen LogP contribution in [0.4, 0.5) is 0 Å². The van der Waals surface area contributed by atoms with Gasteiger partial charge in [-0.3, -0.25) is 9.59 Å². The minimum Gasteiger partial charge on any atom is -0.462 e. The molecular weight excluding hydrogens is 474 g/mol. The van der Waals surface area contributed by atoms with E-state index in [1.165, 1.54) is 64.2 Å². The number of carbonyl (C=O) groups is 2. The van der Waals surface area contributed by atoms with Gasteiger partial charge in [-0.15, -0.1) is 6.58 Å². The zero-order valence-corrected chi connectivity index (χ0v) is 25.8. The molecule has 5 nitrogen and oxygen atoms in total. The summed E-state index contributed by atoms with van der Waals surface area (Å²) in [6.07, 6.45) is 24.0. The number of allylic oxidation sites excluding steroid dienone is 1. The highest BCUT2D eigenvalue weighted by Crippen LogP contribution is 2.21. The first kappa shape index (κ1) is 36.6. The topological polar surface area (TPSA) is 55.8 Å². The number of esters is 2. The van der Waals surface area contributed by atoms with E-state index in [1.54, 1.807) is 0 Å².